The van der Waals surface area contributed by atoms with E-state index < -0.39 is 6.17 Å². The van der Waals surface area contributed by atoms with Gasteiger partial charge in [-0.1, -0.05) is 0 Å². The number of piperidine rings is 1. The highest BCUT2D eigenvalue weighted by atomic mass is 35.5. The number of amides is 1. The third-order valence-electron chi connectivity index (χ3n) is 8.18. The number of rotatable bonds is 4. The van der Waals surface area contributed by atoms with Crippen molar-refractivity contribution < 1.29 is 9.18 Å². The van der Waals surface area contributed by atoms with Crippen LogP contribution in [-0.2, 0) is 4.79 Å². The Hall–Kier alpha value is -0.430. The highest BCUT2D eigenvalue weighted by Gasteiger charge is 2.60. The van der Waals surface area contributed by atoms with E-state index in [0.29, 0.717) is 47.9 Å². The topological polar surface area (TPSA) is 56.4 Å². The predicted octanol–water partition coefficient (Wildman–Crippen LogP) is 2.06. The van der Waals surface area contributed by atoms with Crippen molar-refractivity contribution >= 4 is 17.5 Å². The summed E-state index contributed by atoms with van der Waals surface area (Å²) in [6.45, 7) is 3.60. The minimum Gasteiger partial charge on any atom is -0.356 e. The van der Waals surface area contributed by atoms with Gasteiger partial charge in [-0.3, -0.25) is 15.0 Å². The Kier molecular flexibility index (Phi) is 5.59. The Morgan fingerprint density at radius 3 is 2.54 bits per heavy atom. The van der Waals surface area contributed by atoms with Gasteiger partial charge in [0.2, 0.25) is 5.91 Å². The molecular formula is C21H34ClFN4O. The summed E-state index contributed by atoms with van der Waals surface area (Å²) in [7, 11) is 0. The van der Waals surface area contributed by atoms with Crippen molar-refractivity contribution in [2.75, 3.05) is 26.3 Å². The molecule has 0 aromatic rings. The molecule has 7 heteroatoms. The zero-order valence-electron chi connectivity index (χ0n) is 16.6. The molecule has 158 valence electrons. The molecule has 0 spiro atoms. The second kappa shape index (κ2) is 8.01. The molecule has 3 saturated carbocycles. The largest absolute Gasteiger partial charge is 0.356 e. The second-order valence-corrected chi connectivity index (χ2v) is 10.5. The molecule has 28 heavy (non-hydrogen) atoms. The minimum absolute atomic E-state index is 0.207. The molecule has 2 saturated heterocycles. The van der Waals surface area contributed by atoms with Crippen molar-refractivity contribution in [1.29, 1.82) is 0 Å². The first-order valence-electron chi connectivity index (χ1n) is 11.4. The quantitative estimate of drug-likeness (QED) is 0.619. The number of hydrogen-bond acceptors (Lipinski definition) is 4. The number of fused-ring (bicyclic) bond motifs is 2. The molecule has 0 bridgehead atoms. The monoisotopic (exact) mass is 412 g/mol. The molecule has 5 aliphatic rings. The van der Waals surface area contributed by atoms with E-state index >= 15 is 0 Å². The molecule has 2 heterocycles. The first kappa shape index (κ1) is 19.5. The highest BCUT2D eigenvalue weighted by molar-refractivity contribution is 6.20. The molecule has 0 radical (unpaired) electrons. The molecule has 5 rings (SSSR count). The number of hydrogen-bond donors (Lipinski definition) is 3. The average molecular weight is 413 g/mol. The second-order valence-electron chi connectivity index (χ2n) is 9.88. The van der Waals surface area contributed by atoms with Crippen molar-refractivity contribution in [1.82, 2.24) is 20.9 Å². The maximum Gasteiger partial charge on any atom is 0.223 e. The number of nitrogens with zero attached hydrogens (tertiary/aromatic N) is 1. The van der Waals surface area contributed by atoms with Gasteiger partial charge in [0.1, 0.15) is 6.17 Å². The summed E-state index contributed by atoms with van der Waals surface area (Å²) in [5.41, 5.74) is 0. The smallest absolute Gasteiger partial charge is 0.223 e. The normalized spacial score (nSPS) is 48.6. The van der Waals surface area contributed by atoms with Crippen molar-refractivity contribution in [3.05, 3.63) is 0 Å². The van der Waals surface area contributed by atoms with E-state index in [1.54, 1.807) is 0 Å². The number of nitrogens with one attached hydrogen (secondary N) is 3. The summed E-state index contributed by atoms with van der Waals surface area (Å²) in [6.07, 6.45) is 6.35. The van der Waals surface area contributed by atoms with Gasteiger partial charge >= 0.3 is 0 Å². The van der Waals surface area contributed by atoms with Crippen LogP contribution in [0.2, 0.25) is 0 Å². The summed E-state index contributed by atoms with van der Waals surface area (Å²) >= 11 is 6.18. The van der Waals surface area contributed by atoms with Gasteiger partial charge in [0, 0.05) is 49.6 Å². The maximum absolute atomic E-state index is 14.0. The zero-order valence-corrected chi connectivity index (χ0v) is 17.3. The van der Waals surface area contributed by atoms with Crippen molar-refractivity contribution in [3.63, 3.8) is 0 Å². The molecule has 3 N–H and O–H groups in total. The molecule has 2 aliphatic heterocycles. The van der Waals surface area contributed by atoms with Crippen LogP contribution < -0.4 is 16.0 Å². The summed E-state index contributed by atoms with van der Waals surface area (Å²) in [5.74, 6) is 2.42. The van der Waals surface area contributed by atoms with Crippen LogP contribution in [0, 0.1) is 29.6 Å². The van der Waals surface area contributed by atoms with Gasteiger partial charge in [-0.2, -0.15) is 0 Å². The number of halogens is 2. The molecule has 1 amide bonds. The summed E-state index contributed by atoms with van der Waals surface area (Å²) < 4.78 is 14.0. The molecule has 0 aromatic carbocycles. The molecule has 5 fully saturated rings. The van der Waals surface area contributed by atoms with Gasteiger partial charge in [0.25, 0.3) is 0 Å². The zero-order chi connectivity index (χ0) is 19.3. The number of carbonyl (C=O) groups is 1. The Morgan fingerprint density at radius 1 is 1.04 bits per heavy atom. The lowest BCUT2D eigenvalue weighted by Gasteiger charge is -2.47. The van der Waals surface area contributed by atoms with E-state index in [2.05, 4.69) is 20.9 Å². The van der Waals surface area contributed by atoms with Crippen LogP contribution in [0.3, 0.4) is 0 Å². The fraction of sp³-hybridized carbons (Fsp3) is 0.952. The van der Waals surface area contributed by atoms with Crippen molar-refractivity contribution in [2.24, 2.45) is 29.6 Å². The molecule has 5 nitrogen and oxygen atoms in total. The van der Waals surface area contributed by atoms with Gasteiger partial charge in [-0.25, -0.2) is 4.39 Å². The van der Waals surface area contributed by atoms with Crippen molar-refractivity contribution in [2.45, 2.75) is 68.7 Å². The Labute approximate surface area is 172 Å². The van der Waals surface area contributed by atoms with Crippen LogP contribution >= 0.6 is 11.6 Å². The highest BCUT2D eigenvalue weighted by Crippen LogP contribution is 2.53. The summed E-state index contributed by atoms with van der Waals surface area (Å²) in [6, 6.07) is 0.442. The van der Waals surface area contributed by atoms with Crippen LogP contribution in [0.4, 0.5) is 4.39 Å². The molecule has 0 aromatic heterocycles. The number of carbonyl (C=O) groups excluding carboxylic acids is 1. The van der Waals surface area contributed by atoms with E-state index in [1.165, 1.54) is 0 Å². The first-order chi connectivity index (χ1) is 13.6. The minimum atomic E-state index is -0.657. The van der Waals surface area contributed by atoms with Crippen LogP contribution in [-0.4, -0.2) is 60.9 Å². The Balaban J connectivity index is 1.09. The SMILES string of the molecule is O=C(NCC1CCC(Cl)CC1)C1[C@H]2CN(C3NCNC4CCC(F)CC43)C[C@@H]12. The average Bonchev–Trinajstić information content (AvgIpc) is 3.20. The molecule has 3 aliphatic carbocycles. The van der Waals surface area contributed by atoms with Gasteiger partial charge < -0.3 is 10.6 Å². The summed E-state index contributed by atoms with van der Waals surface area (Å²) in [4.78, 5) is 15.1. The fourth-order valence-corrected chi connectivity index (χ4v) is 6.72. The molecular weight excluding hydrogens is 379 g/mol. The molecule has 5 unspecified atom stereocenters. The van der Waals surface area contributed by atoms with Gasteiger partial charge in [0.15, 0.2) is 0 Å². The predicted molar refractivity (Wildman–Crippen MR) is 108 cm³/mol. The molecule has 7 atom stereocenters. The fourth-order valence-electron chi connectivity index (χ4n) is 6.46. The van der Waals surface area contributed by atoms with Gasteiger partial charge in [-0.05, 0) is 62.7 Å². The lowest BCUT2D eigenvalue weighted by molar-refractivity contribution is -0.123. The van der Waals surface area contributed by atoms with E-state index in [9.17, 15) is 9.18 Å². The third kappa shape index (κ3) is 3.82. The van der Waals surface area contributed by atoms with Gasteiger partial charge in [0.05, 0.1) is 6.17 Å². The summed E-state index contributed by atoms with van der Waals surface area (Å²) in [5, 5.41) is 10.7. The van der Waals surface area contributed by atoms with Crippen molar-refractivity contribution in [3.8, 4) is 0 Å². The van der Waals surface area contributed by atoms with Crippen LogP contribution in [0.15, 0.2) is 0 Å². The maximum atomic E-state index is 14.0. The standard InChI is InChI=1S/C21H34ClFN4O/c22-13-3-1-12(2-4-13)8-24-21(28)19-16-9-27(10-17(16)19)20-15-7-14(23)5-6-18(15)25-11-26-20/h12-20,25-26H,1-11H2,(H,24,28)/t12?,13?,14?,15?,16-,17+,18?,19?,20?. The van der Waals surface area contributed by atoms with E-state index in [-0.39, 0.29) is 18.0 Å². The van der Waals surface area contributed by atoms with Crippen LogP contribution in [0.5, 0.6) is 0 Å². The lowest BCUT2D eigenvalue weighted by Crippen LogP contribution is -2.64. The number of alkyl halides is 2. The van der Waals surface area contributed by atoms with Gasteiger partial charge in [-0.15, -0.1) is 11.6 Å². The first-order valence-corrected chi connectivity index (χ1v) is 11.8. The van der Waals surface area contributed by atoms with E-state index in [4.69, 9.17) is 11.6 Å². The number of likely N-dealkylation sites (tertiary alicyclic amines) is 1. The Morgan fingerprint density at radius 2 is 1.79 bits per heavy atom. The third-order valence-corrected chi connectivity index (χ3v) is 8.61. The van der Waals surface area contributed by atoms with Crippen LogP contribution in [0.25, 0.3) is 0 Å². The Bertz CT molecular complexity index is 575. The van der Waals surface area contributed by atoms with E-state index in [0.717, 1.165) is 58.4 Å². The van der Waals surface area contributed by atoms with E-state index in [1.807, 2.05) is 0 Å². The van der Waals surface area contributed by atoms with Crippen LogP contribution in [0.1, 0.15) is 44.9 Å². The lowest BCUT2D eigenvalue weighted by atomic mass is 9.80.